The Morgan fingerprint density at radius 1 is 1.33 bits per heavy atom. The number of anilines is 1. The van der Waals surface area contributed by atoms with Crippen LogP contribution in [0.25, 0.3) is 0 Å². The van der Waals surface area contributed by atoms with Crippen LogP contribution in [-0.4, -0.2) is 22.0 Å². The van der Waals surface area contributed by atoms with E-state index in [4.69, 9.17) is 15.2 Å². The normalized spacial score (nSPS) is 10.2. The standard InChI is InChI=1S/C13H14N4O4/c1-3-12-15-11(14)7-13(16-12)21-8-4-5-10(20-2)9(6-8)17(18)19/h4-7H,3H2,1-2H3,(H2,14,15,16). The van der Waals surface area contributed by atoms with Crippen molar-refractivity contribution in [2.24, 2.45) is 0 Å². The first-order valence-electron chi connectivity index (χ1n) is 6.17. The third kappa shape index (κ3) is 3.35. The Labute approximate surface area is 120 Å². The van der Waals surface area contributed by atoms with E-state index in [-0.39, 0.29) is 28.9 Å². The Hall–Kier alpha value is -2.90. The van der Waals surface area contributed by atoms with Crippen molar-refractivity contribution < 1.29 is 14.4 Å². The molecule has 0 atom stereocenters. The van der Waals surface area contributed by atoms with Gasteiger partial charge in [0.05, 0.1) is 18.1 Å². The molecule has 0 saturated heterocycles. The summed E-state index contributed by atoms with van der Waals surface area (Å²) in [6, 6.07) is 5.73. The Morgan fingerprint density at radius 2 is 2.10 bits per heavy atom. The fourth-order valence-electron chi connectivity index (χ4n) is 1.70. The second kappa shape index (κ2) is 6.04. The molecule has 110 valence electrons. The lowest BCUT2D eigenvalue weighted by molar-refractivity contribution is -0.385. The summed E-state index contributed by atoms with van der Waals surface area (Å²) in [7, 11) is 1.36. The summed E-state index contributed by atoms with van der Waals surface area (Å²) in [6.07, 6.45) is 0.601. The molecule has 0 fully saturated rings. The number of nitro benzene ring substituents is 1. The average Bonchev–Trinajstić information content (AvgIpc) is 2.46. The van der Waals surface area contributed by atoms with Crippen LogP contribution in [0.5, 0.6) is 17.4 Å². The number of methoxy groups -OCH3 is 1. The predicted octanol–water partition coefficient (Wildman–Crippen LogP) is 2.33. The van der Waals surface area contributed by atoms with Crippen molar-refractivity contribution in [1.82, 2.24) is 9.97 Å². The summed E-state index contributed by atoms with van der Waals surface area (Å²) in [4.78, 5) is 18.6. The number of rotatable bonds is 5. The summed E-state index contributed by atoms with van der Waals surface area (Å²) in [6.45, 7) is 1.89. The highest BCUT2D eigenvalue weighted by Crippen LogP contribution is 2.32. The second-order valence-corrected chi connectivity index (χ2v) is 4.09. The summed E-state index contributed by atoms with van der Waals surface area (Å²) < 4.78 is 10.4. The van der Waals surface area contributed by atoms with Gasteiger partial charge in [0.15, 0.2) is 5.75 Å². The lowest BCUT2D eigenvalue weighted by Gasteiger charge is -2.08. The maximum atomic E-state index is 11.0. The minimum absolute atomic E-state index is 0.156. The van der Waals surface area contributed by atoms with Crippen molar-refractivity contribution in [3.8, 4) is 17.4 Å². The van der Waals surface area contributed by atoms with Gasteiger partial charge in [-0.25, -0.2) is 4.98 Å². The highest BCUT2D eigenvalue weighted by Gasteiger charge is 2.16. The molecule has 0 spiro atoms. The first-order valence-corrected chi connectivity index (χ1v) is 6.17. The van der Waals surface area contributed by atoms with E-state index in [2.05, 4.69) is 9.97 Å². The smallest absolute Gasteiger partial charge is 0.314 e. The lowest BCUT2D eigenvalue weighted by atomic mass is 10.3. The van der Waals surface area contributed by atoms with Crippen LogP contribution in [0.4, 0.5) is 11.5 Å². The zero-order valence-corrected chi connectivity index (χ0v) is 11.6. The van der Waals surface area contributed by atoms with Gasteiger partial charge in [0.25, 0.3) is 0 Å². The Bertz CT molecular complexity index is 675. The van der Waals surface area contributed by atoms with Crippen LogP contribution >= 0.6 is 0 Å². The van der Waals surface area contributed by atoms with Gasteiger partial charge in [0, 0.05) is 12.5 Å². The van der Waals surface area contributed by atoms with Crippen LogP contribution in [-0.2, 0) is 6.42 Å². The molecule has 2 rings (SSSR count). The number of nitro groups is 1. The minimum Gasteiger partial charge on any atom is -0.490 e. The maximum Gasteiger partial charge on any atom is 0.314 e. The van der Waals surface area contributed by atoms with E-state index < -0.39 is 4.92 Å². The van der Waals surface area contributed by atoms with E-state index in [0.717, 1.165) is 0 Å². The van der Waals surface area contributed by atoms with E-state index in [0.29, 0.717) is 12.2 Å². The fourth-order valence-corrected chi connectivity index (χ4v) is 1.70. The van der Waals surface area contributed by atoms with Crippen molar-refractivity contribution in [1.29, 1.82) is 0 Å². The van der Waals surface area contributed by atoms with Crippen molar-refractivity contribution in [2.45, 2.75) is 13.3 Å². The van der Waals surface area contributed by atoms with E-state index >= 15 is 0 Å². The monoisotopic (exact) mass is 290 g/mol. The third-order valence-electron chi connectivity index (χ3n) is 2.65. The highest BCUT2D eigenvalue weighted by molar-refractivity contribution is 5.51. The molecule has 0 aliphatic rings. The molecule has 0 aliphatic heterocycles. The largest absolute Gasteiger partial charge is 0.490 e. The minimum atomic E-state index is -0.544. The van der Waals surface area contributed by atoms with E-state index in [1.54, 1.807) is 6.07 Å². The highest BCUT2D eigenvalue weighted by atomic mass is 16.6. The maximum absolute atomic E-state index is 11.0. The molecule has 8 nitrogen and oxygen atoms in total. The van der Waals surface area contributed by atoms with Gasteiger partial charge in [-0.2, -0.15) is 4.98 Å². The number of benzene rings is 1. The number of hydrogen-bond acceptors (Lipinski definition) is 7. The van der Waals surface area contributed by atoms with Crippen LogP contribution in [0, 0.1) is 10.1 Å². The third-order valence-corrected chi connectivity index (χ3v) is 2.65. The van der Waals surface area contributed by atoms with E-state index in [9.17, 15) is 10.1 Å². The van der Waals surface area contributed by atoms with Gasteiger partial charge in [-0.3, -0.25) is 10.1 Å². The SMILES string of the molecule is CCc1nc(N)cc(Oc2ccc(OC)c([N+](=O)[O-])c2)n1. The number of nitrogens with zero attached hydrogens (tertiary/aromatic N) is 3. The fraction of sp³-hybridized carbons (Fsp3) is 0.231. The molecule has 21 heavy (non-hydrogen) atoms. The molecule has 0 aliphatic carbocycles. The number of ether oxygens (including phenoxy) is 2. The number of hydrogen-bond donors (Lipinski definition) is 1. The summed E-state index contributed by atoms with van der Waals surface area (Å²) >= 11 is 0. The molecule has 0 radical (unpaired) electrons. The summed E-state index contributed by atoms with van der Waals surface area (Å²) in [5, 5.41) is 11.0. The van der Waals surface area contributed by atoms with E-state index in [1.165, 1.54) is 25.3 Å². The van der Waals surface area contributed by atoms with Crippen molar-refractivity contribution in [2.75, 3.05) is 12.8 Å². The number of aryl methyl sites for hydroxylation is 1. The molecule has 2 N–H and O–H groups in total. The Balaban J connectivity index is 2.33. The van der Waals surface area contributed by atoms with Gasteiger partial charge in [0.2, 0.25) is 5.88 Å². The predicted molar refractivity (Wildman–Crippen MR) is 75.5 cm³/mol. The molecule has 0 saturated carbocycles. The summed E-state index contributed by atoms with van der Waals surface area (Å²) in [5.41, 5.74) is 5.47. The van der Waals surface area contributed by atoms with E-state index in [1.807, 2.05) is 6.92 Å². The van der Waals surface area contributed by atoms with Crippen LogP contribution in [0.3, 0.4) is 0 Å². The van der Waals surface area contributed by atoms with Gasteiger partial charge in [0.1, 0.15) is 17.4 Å². The zero-order chi connectivity index (χ0) is 15.4. The van der Waals surface area contributed by atoms with Gasteiger partial charge >= 0.3 is 5.69 Å². The van der Waals surface area contributed by atoms with Crippen LogP contribution < -0.4 is 15.2 Å². The first kappa shape index (κ1) is 14.5. The molecule has 1 aromatic heterocycles. The molecule has 0 unspecified atom stereocenters. The molecule has 0 amide bonds. The molecule has 0 bridgehead atoms. The Morgan fingerprint density at radius 3 is 2.71 bits per heavy atom. The molecule has 1 aromatic carbocycles. The van der Waals surface area contributed by atoms with Gasteiger partial charge in [-0.05, 0) is 12.1 Å². The van der Waals surface area contributed by atoms with Crippen molar-refractivity contribution >= 4 is 11.5 Å². The number of nitrogen functional groups attached to an aromatic ring is 1. The lowest BCUT2D eigenvalue weighted by Crippen LogP contribution is -2.01. The quantitative estimate of drug-likeness (QED) is 0.663. The van der Waals surface area contributed by atoms with Gasteiger partial charge < -0.3 is 15.2 Å². The van der Waals surface area contributed by atoms with Crippen molar-refractivity contribution in [3.05, 3.63) is 40.2 Å². The zero-order valence-electron chi connectivity index (χ0n) is 11.6. The molecule has 8 heteroatoms. The Kier molecular flexibility index (Phi) is 4.17. The number of aromatic nitrogens is 2. The average molecular weight is 290 g/mol. The van der Waals surface area contributed by atoms with Crippen LogP contribution in [0.1, 0.15) is 12.7 Å². The topological polar surface area (TPSA) is 113 Å². The first-order chi connectivity index (χ1) is 10.0. The molecular weight excluding hydrogens is 276 g/mol. The van der Waals surface area contributed by atoms with Crippen molar-refractivity contribution in [3.63, 3.8) is 0 Å². The van der Waals surface area contributed by atoms with Crippen LogP contribution in [0.2, 0.25) is 0 Å². The molecule has 2 aromatic rings. The molecule has 1 heterocycles. The van der Waals surface area contributed by atoms with Gasteiger partial charge in [-0.1, -0.05) is 6.92 Å². The number of nitrogens with two attached hydrogens (primary N) is 1. The summed E-state index contributed by atoms with van der Waals surface area (Å²) in [5.74, 6) is 1.47. The van der Waals surface area contributed by atoms with Gasteiger partial charge in [-0.15, -0.1) is 0 Å². The van der Waals surface area contributed by atoms with Crippen LogP contribution in [0.15, 0.2) is 24.3 Å². The second-order valence-electron chi connectivity index (χ2n) is 4.09. The molecular formula is C13H14N4O4.